The van der Waals surface area contributed by atoms with Gasteiger partial charge in [0.25, 0.3) is 0 Å². The number of unbranched alkanes of at least 4 members (excludes halogenated alkanes) is 1. The Kier molecular flexibility index (Phi) is 13.4. The first-order valence-electron chi connectivity index (χ1n) is 19.8. The number of imidazole rings is 1. The first-order chi connectivity index (χ1) is 26.0. The molecule has 55 heavy (non-hydrogen) atoms. The molecule has 13 nitrogen and oxygen atoms in total. The first-order valence-corrected chi connectivity index (χ1v) is 19.8. The lowest BCUT2D eigenvalue weighted by atomic mass is 9.70. The summed E-state index contributed by atoms with van der Waals surface area (Å²) in [6.45, 7) is 19.6. The van der Waals surface area contributed by atoms with E-state index in [9.17, 15) is 24.3 Å². The van der Waals surface area contributed by atoms with Crippen LogP contribution < -0.4 is 0 Å². The number of fused-ring (bicyclic) bond motifs is 1. The van der Waals surface area contributed by atoms with Crippen LogP contribution in [0.3, 0.4) is 0 Å². The Bertz CT molecular complexity index is 1680. The van der Waals surface area contributed by atoms with Crippen molar-refractivity contribution >= 4 is 23.6 Å². The summed E-state index contributed by atoms with van der Waals surface area (Å²) in [4.78, 5) is 66.3. The average molecular weight is 765 g/mol. The third kappa shape index (κ3) is 9.05. The van der Waals surface area contributed by atoms with Crippen LogP contribution in [0.5, 0.6) is 0 Å². The fraction of sp³-hybridized carbons (Fsp3) is 0.667. The Hall–Kier alpha value is -3.94. The second-order valence-corrected chi connectivity index (χ2v) is 16.7. The van der Waals surface area contributed by atoms with E-state index in [1.165, 1.54) is 13.0 Å². The lowest BCUT2D eigenvalue weighted by molar-refractivity contribution is -0.284. The second-order valence-electron chi connectivity index (χ2n) is 16.7. The van der Waals surface area contributed by atoms with Gasteiger partial charge in [0.15, 0.2) is 17.7 Å². The van der Waals surface area contributed by atoms with E-state index >= 15 is 0 Å². The summed E-state index contributed by atoms with van der Waals surface area (Å²) in [5.41, 5.74) is -0.587. The summed E-state index contributed by atoms with van der Waals surface area (Å²) in [5, 5.41) is 11.1. The van der Waals surface area contributed by atoms with Crippen LogP contribution in [0.2, 0.25) is 0 Å². The molecule has 2 aromatic heterocycles. The van der Waals surface area contributed by atoms with Gasteiger partial charge in [0.2, 0.25) is 0 Å². The zero-order valence-corrected chi connectivity index (χ0v) is 33.7. The molecule has 0 aliphatic carbocycles. The van der Waals surface area contributed by atoms with Gasteiger partial charge in [-0.3, -0.25) is 19.4 Å². The fourth-order valence-electron chi connectivity index (χ4n) is 8.82. The third-order valence-electron chi connectivity index (χ3n) is 11.9. The maximum absolute atomic E-state index is 14.3. The number of aromatic nitrogens is 3. The molecular weight excluding hydrogens is 704 g/mol. The Morgan fingerprint density at radius 1 is 1.09 bits per heavy atom. The van der Waals surface area contributed by atoms with E-state index in [-0.39, 0.29) is 30.6 Å². The molecule has 3 aliphatic rings. The molecule has 1 amide bonds. The van der Waals surface area contributed by atoms with E-state index in [2.05, 4.69) is 16.5 Å². The lowest BCUT2D eigenvalue weighted by Gasteiger charge is -2.45. The maximum atomic E-state index is 14.3. The van der Waals surface area contributed by atoms with Gasteiger partial charge in [-0.2, -0.15) is 0 Å². The normalized spacial score (nSPS) is 34.7. The molecule has 2 aromatic rings. The molecular formula is C42H60N4O9. The Labute approximate surface area is 325 Å². The van der Waals surface area contributed by atoms with Gasteiger partial charge in [-0.15, -0.1) is 0 Å². The van der Waals surface area contributed by atoms with Crippen molar-refractivity contribution in [3.05, 3.63) is 49.7 Å². The van der Waals surface area contributed by atoms with Gasteiger partial charge in [0.1, 0.15) is 23.9 Å². The average Bonchev–Trinajstić information content (AvgIpc) is 3.74. The summed E-state index contributed by atoms with van der Waals surface area (Å²) in [6.07, 6.45) is 6.62. The number of hydrogen-bond donors (Lipinski definition) is 1. The van der Waals surface area contributed by atoms with E-state index in [0.717, 1.165) is 11.3 Å². The molecule has 5 heterocycles. The molecule has 0 spiro atoms. The smallest absolute Gasteiger partial charge is 0.411 e. The molecule has 0 saturated carbocycles. The van der Waals surface area contributed by atoms with Crippen LogP contribution in [0.15, 0.2) is 49.7 Å². The molecule has 0 radical (unpaired) electrons. The van der Waals surface area contributed by atoms with Crippen LogP contribution in [0, 0.1) is 29.1 Å². The predicted octanol–water partition coefficient (Wildman–Crippen LogP) is 6.18. The van der Waals surface area contributed by atoms with Crippen LogP contribution in [0.4, 0.5) is 4.79 Å². The van der Waals surface area contributed by atoms with E-state index in [1.807, 2.05) is 57.5 Å². The number of cyclic esters (lactones) is 1. The molecule has 302 valence electrons. The Balaban J connectivity index is 1.40. The van der Waals surface area contributed by atoms with Crippen molar-refractivity contribution in [1.82, 2.24) is 19.4 Å². The number of nitrogens with zero attached hydrogens (tertiary/aromatic N) is 4. The van der Waals surface area contributed by atoms with Gasteiger partial charge < -0.3 is 33.5 Å². The molecule has 3 aliphatic heterocycles. The van der Waals surface area contributed by atoms with Gasteiger partial charge in [0.05, 0.1) is 30.3 Å². The van der Waals surface area contributed by atoms with E-state index in [1.54, 1.807) is 37.5 Å². The molecule has 3 saturated heterocycles. The van der Waals surface area contributed by atoms with Crippen LogP contribution >= 0.6 is 0 Å². The highest BCUT2D eigenvalue weighted by atomic mass is 16.7. The molecule has 0 bridgehead atoms. The summed E-state index contributed by atoms with van der Waals surface area (Å²) in [6, 6.07) is 3.00. The quantitative estimate of drug-likeness (QED) is 0.128. The third-order valence-corrected chi connectivity index (χ3v) is 11.9. The van der Waals surface area contributed by atoms with Crippen molar-refractivity contribution in [3.8, 4) is 11.3 Å². The Morgan fingerprint density at radius 3 is 2.49 bits per heavy atom. The lowest BCUT2D eigenvalue weighted by Crippen LogP contribution is -2.56. The maximum Gasteiger partial charge on any atom is 0.411 e. The number of ketones is 2. The van der Waals surface area contributed by atoms with Crippen molar-refractivity contribution in [3.63, 3.8) is 0 Å². The number of esters is 1. The number of aryl methyl sites for hydroxylation is 1. The molecule has 13 heteroatoms. The number of carbonyl (C=O) groups is 4. The van der Waals surface area contributed by atoms with Gasteiger partial charge in [-0.1, -0.05) is 48.1 Å². The number of ether oxygens (including phenoxy) is 4. The zero-order valence-electron chi connectivity index (χ0n) is 33.7. The number of aliphatic hydroxyl groups is 1. The zero-order chi connectivity index (χ0) is 40.2. The minimum absolute atomic E-state index is 0.0614. The van der Waals surface area contributed by atoms with Crippen molar-refractivity contribution < 1.29 is 43.2 Å². The largest absolute Gasteiger partial charge is 0.457 e. The van der Waals surface area contributed by atoms with Crippen molar-refractivity contribution in [1.29, 1.82) is 0 Å². The van der Waals surface area contributed by atoms with Gasteiger partial charge in [-0.25, -0.2) is 9.78 Å². The number of amides is 1. The van der Waals surface area contributed by atoms with Crippen LogP contribution in [-0.2, 0) is 39.9 Å². The number of pyridine rings is 1. The van der Waals surface area contributed by atoms with Gasteiger partial charge in [-0.05, 0) is 75.5 Å². The number of aliphatic hydroxyl groups excluding tert-OH is 1. The minimum atomic E-state index is -1.53. The fourth-order valence-corrected chi connectivity index (χ4v) is 8.82. The monoisotopic (exact) mass is 764 g/mol. The molecule has 11 atom stereocenters. The van der Waals surface area contributed by atoms with Gasteiger partial charge in [0, 0.05) is 55.5 Å². The van der Waals surface area contributed by atoms with Crippen LogP contribution in [0.25, 0.3) is 11.3 Å². The number of carbonyl (C=O) groups excluding carboxylic acids is 4. The first kappa shape index (κ1) is 42.2. The predicted molar refractivity (Wildman–Crippen MR) is 204 cm³/mol. The summed E-state index contributed by atoms with van der Waals surface area (Å²) >= 11 is 0. The van der Waals surface area contributed by atoms with Crippen molar-refractivity contribution in [2.45, 2.75) is 143 Å². The van der Waals surface area contributed by atoms with Crippen molar-refractivity contribution in [2.75, 3.05) is 6.54 Å². The Morgan fingerprint density at radius 2 is 1.82 bits per heavy atom. The highest BCUT2D eigenvalue weighted by Gasteiger charge is 2.59. The topological polar surface area (TPSA) is 159 Å². The van der Waals surface area contributed by atoms with E-state index < -0.39 is 77.3 Å². The van der Waals surface area contributed by atoms with E-state index in [0.29, 0.717) is 38.8 Å². The van der Waals surface area contributed by atoms with Crippen LogP contribution in [-0.4, -0.2) is 97.1 Å². The van der Waals surface area contributed by atoms with E-state index in [4.69, 9.17) is 18.9 Å². The molecule has 3 fully saturated rings. The minimum Gasteiger partial charge on any atom is -0.457 e. The van der Waals surface area contributed by atoms with Crippen LogP contribution in [0.1, 0.15) is 93.9 Å². The summed E-state index contributed by atoms with van der Waals surface area (Å²) < 4.78 is 26.8. The number of hydrogen-bond acceptors (Lipinski definition) is 11. The highest BCUT2D eigenvalue weighted by Crippen LogP contribution is 2.43. The SMILES string of the molecule is C=C[C@]12OC(=O)N(CCCCn3cnc(-c4cccnc4)c3)[C@@H]1CC(=O)[C@H](C)CC(C)(C)[C@H](OC1O[C@H](C)C[C@H](C)[C@H]1O)[C@@H](C)C(=O)[C@@H](C)C(=O)O[C@@H]2CC. The summed E-state index contributed by atoms with van der Waals surface area (Å²) in [5.74, 6) is -3.91. The molecule has 5 rings (SSSR count). The molecule has 0 aromatic carbocycles. The number of Topliss-reactive ketones (excluding diaryl/α,β-unsaturated/α-hetero) is 2. The molecule has 1 N–H and O–H groups in total. The number of rotatable bonds is 10. The van der Waals surface area contributed by atoms with Crippen molar-refractivity contribution in [2.24, 2.45) is 29.1 Å². The standard InChI is InChI=1S/C42H60N4O9/c1-10-34-42(11-2)33(46(40(51)55-42)18-13-12-17-45-23-31(44-24-45)30-15-14-16-43-22-30)20-32(47)26(4)21-41(8,9)37(28(6)36(49)29(7)38(50)53-34)54-39-35(48)25(3)19-27(5)52-39/h11,14-16,22-29,33-35,37,39,48H,2,10,12-13,17-21H2,1,3-9H3/t25-,26+,27+,28-,29+,33+,34+,35+,37+,39?,42-/m0/s1. The second kappa shape index (κ2) is 17.5. The summed E-state index contributed by atoms with van der Waals surface area (Å²) in [7, 11) is 0. The highest BCUT2D eigenvalue weighted by molar-refractivity contribution is 6.00. The van der Waals surface area contributed by atoms with Gasteiger partial charge >= 0.3 is 12.1 Å². The molecule has 1 unspecified atom stereocenters.